The lowest BCUT2D eigenvalue weighted by Crippen LogP contribution is -2.35. The molecule has 38 heavy (non-hydrogen) atoms. The van der Waals surface area contributed by atoms with Gasteiger partial charge < -0.3 is 15.2 Å². The Kier molecular flexibility index (Phi) is 6.41. The molecule has 6 rings (SSSR count). The van der Waals surface area contributed by atoms with Crippen LogP contribution < -0.4 is 5.32 Å². The van der Waals surface area contributed by atoms with Crippen molar-refractivity contribution in [2.24, 2.45) is 0 Å². The zero-order valence-corrected chi connectivity index (χ0v) is 21.4. The normalized spacial score (nSPS) is 21.2. The van der Waals surface area contributed by atoms with Crippen molar-refractivity contribution in [3.05, 3.63) is 95.7 Å². The third kappa shape index (κ3) is 5.31. The molecule has 2 fully saturated rings. The van der Waals surface area contributed by atoms with Gasteiger partial charge in [-0.05, 0) is 98.9 Å². The van der Waals surface area contributed by atoms with Gasteiger partial charge in [0.2, 0.25) is 0 Å². The number of carbonyl (C=O) groups excluding carboxylic acids is 1. The largest absolute Gasteiger partial charge is 0.459 e. The van der Waals surface area contributed by atoms with E-state index in [9.17, 15) is 9.90 Å². The maximum atomic E-state index is 12.4. The first-order chi connectivity index (χ1) is 18.4. The quantitative estimate of drug-likeness (QED) is 0.314. The number of aryl methyl sites for hydroxylation is 1. The van der Waals surface area contributed by atoms with Gasteiger partial charge in [-0.25, -0.2) is 19.7 Å². The highest BCUT2D eigenvalue weighted by molar-refractivity contribution is 5.89. The lowest BCUT2D eigenvalue weighted by molar-refractivity contribution is -0.0485. The van der Waals surface area contributed by atoms with Gasteiger partial charge in [-0.3, -0.25) is 4.57 Å². The van der Waals surface area contributed by atoms with Gasteiger partial charge in [0.05, 0.1) is 11.3 Å². The highest BCUT2D eigenvalue weighted by Gasteiger charge is 2.38. The van der Waals surface area contributed by atoms with Crippen molar-refractivity contribution in [1.29, 1.82) is 0 Å². The van der Waals surface area contributed by atoms with Crippen LogP contribution in [0.2, 0.25) is 0 Å². The number of nitrogens with one attached hydrogen (secondary N) is 1. The van der Waals surface area contributed by atoms with Crippen molar-refractivity contribution in [1.82, 2.24) is 19.5 Å². The van der Waals surface area contributed by atoms with Crippen LogP contribution in [0.15, 0.2) is 73.3 Å². The molecule has 0 aliphatic heterocycles. The fraction of sp³-hybridized carbons (Fsp3) is 0.333. The summed E-state index contributed by atoms with van der Waals surface area (Å²) < 4.78 is 7.52. The highest BCUT2D eigenvalue weighted by Crippen LogP contribution is 2.40. The van der Waals surface area contributed by atoms with Crippen LogP contribution in [-0.4, -0.2) is 36.7 Å². The summed E-state index contributed by atoms with van der Waals surface area (Å²) in [6.45, 7) is 2.02. The molecule has 0 unspecified atom stereocenters. The number of hydrogen-bond acceptors (Lipinski definition) is 7. The Hall–Kier alpha value is -4.04. The number of imidazole rings is 1. The van der Waals surface area contributed by atoms with Crippen molar-refractivity contribution < 1.29 is 14.6 Å². The molecule has 0 atom stereocenters. The van der Waals surface area contributed by atoms with E-state index in [4.69, 9.17) is 9.72 Å². The van der Waals surface area contributed by atoms with E-state index in [1.807, 2.05) is 54.2 Å². The van der Waals surface area contributed by atoms with Crippen molar-refractivity contribution in [3.63, 3.8) is 0 Å². The Labute approximate surface area is 221 Å². The van der Waals surface area contributed by atoms with Crippen molar-refractivity contribution in [2.45, 2.75) is 63.1 Å². The van der Waals surface area contributed by atoms with E-state index in [1.54, 1.807) is 18.5 Å². The molecule has 0 spiro atoms. The predicted octanol–water partition coefficient (Wildman–Crippen LogP) is 5.58. The molecule has 3 heterocycles. The second kappa shape index (κ2) is 10.0. The number of benzene rings is 1. The minimum absolute atomic E-state index is 0.218. The first kappa shape index (κ1) is 24.3. The minimum atomic E-state index is -1.07. The predicted molar refractivity (Wildman–Crippen MR) is 144 cm³/mol. The number of aliphatic hydroxyl groups is 1. The molecule has 4 aromatic rings. The third-order valence-electron chi connectivity index (χ3n) is 7.41. The summed E-state index contributed by atoms with van der Waals surface area (Å²) >= 11 is 0. The van der Waals surface area contributed by atoms with Gasteiger partial charge in [0, 0.05) is 12.4 Å². The monoisotopic (exact) mass is 509 g/mol. The average Bonchev–Trinajstić information content (AvgIpc) is 3.66. The molecule has 0 amide bonds. The SMILES string of the molecule is Cc1cc(Nc2cc(C3CC3)ccn2)nc(-n2cnc([C@]3(O)CC[C@@H](OC(=O)c4ccccc4)CC3)c2)c1. The van der Waals surface area contributed by atoms with Crippen LogP contribution >= 0.6 is 0 Å². The Morgan fingerprint density at radius 3 is 2.58 bits per heavy atom. The zero-order valence-electron chi connectivity index (χ0n) is 21.4. The van der Waals surface area contributed by atoms with Gasteiger partial charge in [0.1, 0.15) is 35.5 Å². The summed E-state index contributed by atoms with van der Waals surface area (Å²) in [6.07, 6.45) is 9.71. The molecule has 3 aromatic heterocycles. The molecular weight excluding hydrogens is 478 g/mol. The fourth-order valence-corrected chi connectivity index (χ4v) is 5.09. The Morgan fingerprint density at radius 2 is 1.82 bits per heavy atom. The number of aromatic nitrogens is 4. The number of esters is 1. The van der Waals surface area contributed by atoms with E-state index in [1.165, 1.54) is 18.4 Å². The van der Waals surface area contributed by atoms with Crippen LogP contribution in [-0.2, 0) is 10.3 Å². The smallest absolute Gasteiger partial charge is 0.338 e. The van der Waals surface area contributed by atoms with Crippen LogP contribution in [0, 0.1) is 6.92 Å². The number of rotatable bonds is 7. The van der Waals surface area contributed by atoms with Gasteiger partial charge in [0.25, 0.3) is 0 Å². The molecule has 8 nitrogen and oxygen atoms in total. The summed E-state index contributed by atoms with van der Waals surface area (Å²) in [5, 5.41) is 14.7. The topological polar surface area (TPSA) is 102 Å². The van der Waals surface area contributed by atoms with Gasteiger partial charge in [-0.2, -0.15) is 0 Å². The number of ether oxygens (including phenoxy) is 1. The number of nitrogens with zero attached hydrogens (tertiary/aromatic N) is 4. The summed E-state index contributed by atoms with van der Waals surface area (Å²) in [7, 11) is 0. The number of hydrogen-bond donors (Lipinski definition) is 2. The van der Waals surface area contributed by atoms with E-state index in [0.29, 0.717) is 54.5 Å². The summed E-state index contributed by atoms with van der Waals surface area (Å²) in [5.41, 5.74) is 2.43. The second-order valence-electron chi connectivity index (χ2n) is 10.4. The average molecular weight is 510 g/mol. The molecule has 2 N–H and O–H groups in total. The Bertz CT molecular complexity index is 1440. The fourth-order valence-electron chi connectivity index (χ4n) is 5.09. The molecule has 8 heteroatoms. The van der Waals surface area contributed by atoms with Crippen LogP contribution in [0.1, 0.15) is 71.6 Å². The Morgan fingerprint density at radius 1 is 1.03 bits per heavy atom. The third-order valence-corrected chi connectivity index (χ3v) is 7.41. The minimum Gasteiger partial charge on any atom is -0.459 e. The Balaban J connectivity index is 1.13. The number of carbonyl (C=O) groups is 1. The molecule has 2 saturated carbocycles. The molecule has 1 aromatic carbocycles. The van der Waals surface area contributed by atoms with E-state index < -0.39 is 5.60 Å². The second-order valence-corrected chi connectivity index (χ2v) is 10.4. The van der Waals surface area contributed by atoms with E-state index in [0.717, 1.165) is 11.4 Å². The van der Waals surface area contributed by atoms with E-state index in [2.05, 4.69) is 27.4 Å². The molecule has 0 radical (unpaired) electrons. The van der Waals surface area contributed by atoms with Gasteiger partial charge in [-0.1, -0.05) is 18.2 Å². The zero-order chi connectivity index (χ0) is 26.1. The first-order valence-corrected chi connectivity index (χ1v) is 13.2. The number of anilines is 2. The number of pyridine rings is 2. The lowest BCUT2D eigenvalue weighted by Gasteiger charge is -2.34. The molecule has 0 saturated heterocycles. The van der Waals surface area contributed by atoms with E-state index in [-0.39, 0.29) is 12.1 Å². The van der Waals surface area contributed by atoms with Gasteiger partial charge in [-0.15, -0.1) is 0 Å². The molecular formula is C30H31N5O3. The lowest BCUT2D eigenvalue weighted by atomic mass is 9.81. The molecule has 2 aliphatic carbocycles. The van der Waals surface area contributed by atoms with E-state index >= 15 is 0 Å². The van der Waals surface area contributed by atoms with Crippen LogP contribution in [0.4, 0.5) is 11.6 Å². The summed E-state index contributed by atoms with van der Waals surface area (Å²) in [6, 6.07) is 17.1. The van der Waals surface area contributed by atoms with Crippen molar-refractivity contribution in [2.75, 3.05) is 5.32 Å². The summed E-state index contributed by atoms with van der Waals surface area (Å²) in [4.78, 5) is 26.2. The molecule has 2 aliphatic rings. The van der Waals surface area contributed by atoms with Crippen molar-refractivity contribution >= 4 is 17.6 Å². The molecule has 194 valence electrons. The highest BCUT2D eigenvalue weighted by atomic mass is 16.5. The summed E-state index contributed by atoms with van der Waals surface area (Å²) in [5.74, 6) is 2.52. The van der Waals surface area contributed by atoms with Crippen LogP contribution in [0.5, 0.6) is 0 Å². The standard InChI is InChI=1S/C30H31N5O3/c1-20-15-27(33-26-17-23(11-14-31-26)21-7-8-21)34-28(16-20)35-18-25(32-19-35)30(37)12-9-24(10-13-30)38-29(36)22-5-3-2-4-6-22/h2-6,11,14-19,21,24,37H,7-10,12-13H2,1H3,(H,31,33,34)/t24-,30+. The maximum absolute atomic E-state index is 12.4. The maximum Gasteiger partial charge on any atom is 0.338 e. The van der Waals surface area contributed by atoms with Crippen molar-refractivity contribution in [3.8, 4) is 5.82 Å². The van der Waals surface area contributed by atoms with Crippen LogP contribution in [0.25, 0.3) is 5.82 Å². The first-order valence-electron chi connectivity index (χ1n) is 13.2. The van der Waals surface area contributed by atoms with Crippen LogP contribution in [0.3, 0.4) is 0 Å². The van der Waals surface area contributed by atoms with Gasteiger partial charge in [0.15, 0.2) is 0 Å². The van der Waals surface area contributed by atoms with Gasteiger partial charge >= 0.3 is 5.97 Å². The molecule has 0 bridgehead atoms.